The highest BCUT2D eigenvalue weighted by atomic mass is 32.1. The van der Waals surface area contributed by atoms with Gasteiger partial charge in [0.15, 0.2) is 10.3 Å². The summed E-state index contributed by atoms with van der Waals surface area (Å²) in [4.78, 5) is 36.6. The third-order valence-corrected chi connectivity index (χ3v) is 5.05. The molecule has 0 saturated carbocycles. The molecule has 8 nitrogen and oxygen atoms in total. The molecule has 0 aliphatic carbocycles. The summed E-state index contributed by atoms with van der Waals surface area (Å²) in [5, 5.41) is 13.1. The fourth-order valence-corrected chi connectivity index (χ4v) is 3.64. The van der Waals surface area contributed by atoms with Crippen LogP contribution in [-0.4, -0.2) is 33.8 Å². The van der Waals surface area contributed by atoms with Crippen molar-refractivity contribution in [2.24, 2.45) is 0 Å². The Hall–Kier alpha value is -2.85. The van der Waals surface area contributed by atoms with Crippen molar-refractivity contribution in [1.29, 1.82) is 0 Å². The van der Waals surface area contributed by atoms with E-state index in [4.69, 9.17) is 0 Å². The molecule has 10 heteroatoms. The van der Waals surface area contributed by atoms with Gasteiger partial charge in [0.25, 0.3) is 0 Å². The number of nitrogens with one attached hydrogen (secondary N) is 3. The first kappa shape index (κ1) is 18.9. The molecule has 0 fully saturated rings. The molecular formula is C17H18N6O2S2. The Morgan fingerprint density at radius 2 is 1.63 bits per heavy atom. The van der Waals surface area contributed by atoms with E-state index in [9.17, 15) is 9.59 Å². The molecule has 0 saturated heterocycles. The van der Waals surface area contributed by atoms with Gasteiger partial charge in [0.2, 0.25) is 11.8 Å². The number of carbonyl (C=O) groups excluding carboxylic acids is 2. The molecule has 0 aliphatic rings. The van der Waals surface area contributed by atoms with Gasteiger partial charge < -0.3 is 16.0 Å². The molecule has 0 aliphatic heterocycles. The molecule has 140 valence electrons. The van der Waals surface area contributed by atoms with Crippen LogP contribution in [0.25, 0.3) is 0 Å². The molecule has 0 bridgehead atoms. The van der Waals surface area contributed by atoms with Gasteiger partial charge in [-0.2, -0.15) is 0 Å². The van der Waals surface area contributed by atoms with Gasteiger partial charge in [0, 0.05) is 23.5 Å². The summed E-state index contributed by atoms with van der Waals surface area (Å²) < 4.78 is 0. The van der Waals surface area contributed by atoms with E-state index in [1.165, 1.54) is 22.7 Å². The Morgan fingerprint density at radius 1 is 0.963 bits per heavy atom. The van der Waals surface area contributed by atoms with Gasteiger partial charge in [0.1, 0.15) is 5.82 Å². The van der Waals surface area contributed by atoms with Crippen molar-refractivity contribution in [2.45, 2.75) is 19.8 Å². The molecule has 0 atom stereocenters. The maximum atomic E-state index is 12.2. The van der Waals surface area contributed by atoms with E-state index < -0.39 is 0 Å². The first-order valence-corrected chi connectivity index (χ1v) is 9.87. The first-order valence-electron chi connectivity index (χ1n) is 8.12. The zero-order valence-electron chi connectivity index (χ0n) is 14.8. The molecule has 0 aromatic carbocycles. The summed E-state index contributed by atoms with van der Waals surface area (Å²) in [6, 6.07) is 5.69. The number of carbonyl (C=O) groups is 2. The van der Waals surface area contributed by atoms with Gasteiger partial charge in [-0.1, -0.05) is 6.07 Å². The molecule has 0 unspecified atom stereocenters. The lowest BCUT2D eigenvalue weighted by Crippen LogP contribution is -2.20. The second-order valence-electron chi connectivity index (χ2n) is 5.65. The van der Waals surface area contributed by atoms with Gasteiger partial charge in [-0.25, -0.2) is 15.0 Å². The molecular weight excluding hydrogens is 384 g/mol. The summed E-state index contributed by atoms with van der Waals surface area (Å²) in [5.74, 6) is 0.386. The van der Waals surface area contributed by atoms with Gasteiger partial charge in [-0.05, 0) is 19.1 Å². The lowest BCUT2D eigenvalue weighted by molar-refractivity contribution is -0.120. The molecule has 27 heavy (non-hydrogen) atoms. The van der Waals surface area contributed by atoms with E-state index in [-0.39, 0.29) is 24.7 Å². The van der Waals surface area contributed by atoms with Crippen LogP contribution < -0.4 is 16.0 Å². The highest BCUT2D eigenvalue weighted by Gasteiger charge is 2.12. The van der Waals surface area contributed by atoms with Crippen molar-refractivity contribution in [1.82, 2.24) is 20.3 Å². The molecule has 2 amide bonds. The van der Waals surface area contributed by atoms with Crippen molar-refractivity contribution >= 4 is 50.6 Å². The van der Waals surface area contributed by atoms with Gasteiger partial charge >= 0.3 is 0 Å². The van der Waals surface area contributed by atoms with Crippen LogP contribution in [0.3, 0.4) is 0 Å². The highest BCUT2D eigenvalue weighted by Crippen LogP contribution is 2.21. The average molecular weight is 403 g/mol. The number of aromatic nitrogens is 3. The number of anilines is 3. The topological polar surface area (TPSA) is 109 Å². The third-order valence-electron chi connectivity index (χ3n) is 3.44. The number of nitrogens with zero attached hydrogens (tertiary/aromatic N) is 3. The Labute approximate surface area is 164 Å². The standard InChI is InChI=1S/C17H18N6O2S2/c1-10-4-3-5-13(19-10)22-16-20-12(9-26-16)7-15(25)23-17-21-11(8-27-17)6-14(24)18-2/h3-5,8-9H,6-7H2,1-2H3,(H,18,24)(H,19,20,22)(H,21,23,25). The lowest BCUT2D eigenvalue weighted by Gasteiger charge is -2.02. The van der Waals surface area contributed by atoms with E-state index in [0.717, 1.165) is 5.69 Å². The molecule has 3 aromatic heterocycles. The van der Waals surface area contributed by atoms with E-state index in [1.54, 1.807) is 12.4 Å². The minimum Gasteiger partial charge on any atom is -0.359 e. The minimum atomic E-state index is -0.207. The maximum Gasteiger partial charge on any atom is 0.232 e. The number of pyridine rings is 1. The van der Waals surface area contributed by atoms with E-state index in [2.05, 4.69) is 30.9 Å². The summed E-state index contributed by atoms with van der Waals surface area (Å²) in [6.45, 7) is 1.92. The molecule has 3 heterocycles. The predicted molar refractivity (Wildman–Crippen MR) is 107 cm³/mol. The Morgan fingerprint density at radius 3 is 2.33 bits per heavy atom. The summed E-state index contributed by atoms with van der Waals surface area (Å²) in [5.41, 5.74) is 2.20. The quantitative estimate of drug-likeness (QED) is 0.560. The van der Waals surface area contributed by atoms with Gasteiger partial charge in [-0.15, -0.1) is 22.7 Å². The second-order valence-corrected chi connectivity index (χ2v) is 7.37. The van der Waals surface area contributed by atoms with Crippen LogP contribution in [0.2, 0.25) is 0 Å². The van der Waals surface area contributed by atoms with E-state index >= 15 is 0 Å². The van der Waals surface area contributed by atoms with Crippen LogP contribution in [-0.2, 0) is 22.4 Å². The van der Waals surface area contributed by atoms with Crippen LogP contribution in [0.5, 0.6) is 0 Å². The third kappa shape index (κ3) is 5.56. The second kappa shape index (κ2) is 8.69. The van der Waals surface area contributed by atoms with Crippen molar-refractivity contribution in [3.05, 3.63) is 46.0 Å². The first-order chi connectivity index (χ1) is 13.0. The van der Waals surface area contributed by atoms with Crippen molar-refractivity contribution in [2.75, 3.05) is 17.7 Å². The average Bonchev–Trinajstić information content (AvgIpc) is 3.24. The number of thiazole rings is 2. The van der Waals surface area contributed by atoms with E-state index in [1.807, 2.05) is 30.5 Å². The number of hydrogen-bond acceptors (Lipinski definition) is 8. The van der Waals surface area contributed by atoms with Crippen LogP contribution >= 0.6 is 22.7 Å². The molecule has 3 N–H and O–H groups in total. The molecule has 3 aromatic rings. The van der Waals surface area contributed by atoms with Crippen LogP contribution in [0.1, 0.15) is 17.1 Å². The van der Waals surface area contributed by atoms with Crippen molar-refractivity contribution in [3.63, 3.8) is 0 Å². The van der Waals surface area contributed by atoms with E-state index in [0.29, 0.717) is 27.5 Å². The Kier molecular flexibility index (Phi) is 6.09. The maximum absolute atomic E-state index is 12.2. The molecule has 0 spiro atoms. The fraction of sp³-hybridized carbons (Fsp3) is 0.235. The van der Waals surface area contributed by atoms with Crippen molar-refractivity contribution < 1.29 is 9.59 Å². The predicted octanol–water partition coefficient (Wildman–Crippen LogP) is 2.52. The van der Waals surface area contributed by atoms with Crippen LogP contribution in [0.15, 0.2) is 29.0 Å². The van der Waals surface area contributed by atoms with Crippen molar-refractivity contribution in [3.8, 4) is 0 Å². The normalized spacial score (nSPS) is 10.4. The number of aryl methyl sites for hydroxylation is 1. The summed E-state index contributed by atoms with van der Waals surface area (Å²) >= 11 is 2.70. The summed E-state index contributed by atoms with van der Waals surface area (Å²) in [6.07, 6.45) is 0.334. The zero-order valence-corrected chi connectivity index (χ0v) is 16.4. The zero-order chi connectivity index (χ0) is 19.2. The smallest absolute Gasteiger partial charge is 0.232 e. The fourth-order valence-electron chi connectivity index (χ4n) is 2.19. The van der Waals surface area contributed by atoms with Crippen LogP contribution in [0, 0.1) is 6.92 Å². The number of hydrogen-bond donors (Lipinski definition) is 3. The Bertz CT molecular complexity index is 952. The Balaban J connectivity index is 1.54. The lowest BCUT2D eigenvalue weighted by atomic mass is 10.3. The summed E-state index contributed by atoms with van der Waals surface area (Å²) in [7, 11) is 1.57. The monoisotopic (exact) mass is 402 g/mol. The number of amides is 2. The molecule has 0 radical (unpaired) electrons. The minimum absolute atomic E-state index is 0.122. The largest absolute Gasteiger partial charge is 0.359 e. The number of likely N-dealkylation sites (N-methyl/N-ethyl adjacent to an activating group) is 1. The highest BCUT2D eigenvalue weighted by molar-refractivity contribution is 7.14. The SMILES string of the molecule is CNC(=O)Cc1csc(NC(=O)Cc2csc(Nc3cccc(C)n3)n2)n1. The van der Waals surface area contributed by atoms with Gasteiger partial charge in [0.05, 0.1) is 24.2 Å². The number of rotatable bonds is 7. The van der Waals surface area contributed by atoms with Gasteiger partial charge in [-0.3, -0.25) is 9.59 Å². The van der Waals surface area contributed by atoms with Crippen LogP contribution in [0.4, 0.5) is 16.1 Å². The molecule has 3 rings (SSSR count).